The number of methoxy groups -OCH3 is 1. The summed E-state index contributed by atoms with van der Waals surface area (Å²) in [6, 6.07) is 3.22. The largest absolute Gasteiger partial charge is 0.467 e. The number of hydrogen-bond acceptors (Lipinski definition) is 5. The number of fused-ring (bicyclic) bond motifs is 1. The van der Waals surface area contributed by atoms with E-state index in [2.05, 4.69) is 20.8 Å². The second-order valence-corrected chi connectivity index (χ2v) is 9.54. The summed E-state index contributed by atoms with van der Waals surface area (Å²) in [5.41, 5.74) is 1.64. The lowest BCUT2D eigenvalue weighted by Crippen LogP contribution is -2.45. The van der Waals surface area contributed by atoms with E-state index in [1.165, 1.54) is 17.6 Å². The van der Waals surface area contributed by atoms with Crippen molar-refractivity contribution in [1.82, 2.24) is 4.90 Å². The molecule has 0 aromatic heterocycles. The minimum atomic E-state index is -0.652. The van der Waals surface area contributed by atoms with Crippen molar-refractivity contribution in [2.45, 2.75) is 57.7 Å². The third-order valence-electron chi connectivity index (χ3n) is 5.06. The summed E-state index contributed by atoms with van der Waals surface area (Å²) in [4.78, 5) is 28.9. The van der Waals surface area contributed by atoms with Gasteiger partial charge >= 0.3 is 12.1 Å². The molecule has 1 amide bonds. The second kappa shape index (κ2) is 8.11. The molecule has 1 aromatic rings. The van der Waals surface area contributed by atoms with E-state index in [4.69, 9.17) is 21.1 Å². The second-order valence-electron chi connectivity index (χ2n) is 8.25. The van der Waals surface area contributed by atoms with Crippen LogP contribution in [0.25, 0.3) is 0 Å². The van der Waals surface area contributed by atoms with Gasteiger partial charge in [-0.15, -0.1) is 0 Å². The van der Waals surface area contributed by atoms with Crippen molar-refractivity contribution in [2.24, 2.45) is 0 Å². The van der Waals surface area contributed by atoms with Gasteiger partial charge in [-0.25, -0.2) is 9.59 Å². The standard InChI is InChI=1S/C20H26BrClN2O4/c1-20(2,3)28-19(26)24-11-14(10-16(24)18(25)27-4)23-7-5-6-12-8-13(22)9-15(21)17(12)23/h8-9,14,16H,5-7,10-11H2,1-4H3/t14-,16+/m0/s1. The third-order valence-corrected chi connectivity index (χ3v) is 5.88. The summed E-state index contributed by atoms with van der Waals surface area (Å²) in [6.07, 6.45) is 1.96. The normalized spacial score (nSPS) is 22.1. The van der Waals surface area contributed by atoms with Crippen molar-refractivity contribution in [3.63, 3.8) is 0 Å². The topological polar surface area (TPSA) is 59.1 Å². The van der Waals surface area contributed by atoms with Crippen LogP contribution in [0.3, 0.4) is 0 Å². The number of likely N-dealkylation sites (tertiary alicyclic amines) is 1. The first-order valence-electron chi connectivity index (χ1n) is 9.42. The number of halogens is 2. The minimum Gasteiger partial charge on any atom is -0.467 e. The van der Waals surface area contributed by atoms with Crippen molar-refractivity contribution in [1.29, 1.82) is 0 Å². The molecule has 3 rings (SSSR count). The number of carbonyl (C=O) groups excluding carboxylic acids is 2. The molecule has 0 unspecified atom stereocenters. The zero-order valence-electron chi connectivity index (χ0n) is 16.6. The molecule has 0 spiro atoms. The number of rotatable bonds is 2. The monoisotopic (exact) mass is 472 g/mol. The zero-order chi connectivity index (χ0) is 20.6. The molecule has 2 atom stereocenters. The van der Waals surface area contributed by atoms with Crippen molar-refractivity contribution in [3.8, 4) is 0 Å². The van der Waals surface area contributed by atoms with Crippen LogP contribution in [0.2, 0.25) is 5.02 Å². The van der Waals surface area contributed by atoms with Crippen molar-refractivity contribution < 1.29 is 19.1 Å². The fourth-order valence-corrected chi connectivity index (χ4v) is 5.07. The highest BCUT2D eigenvalue weighted by Gasteiger charge is 2.45. The van der Waals surface area contributed by atoms with Gasteiger partial charge in [0.1, 0.15) is 11.6 Å². The van der Waals surface area contributed by atoms with E-state index < -0.39 is 23.7 Å². The zero-order valence-corrected chi connectivity index (χ0v) is 19.0. The smallest absolute Gasteiger partial charge is 0.411 e. The lowest BCUT2D eigenvalue weighted by molar-refractivity contribution is -0.145. The van der Waals surface area contributed by atoms with E-state index in [1.54, 1.807) is 0 Å². The van der Waals surface area contributed by atoms with Gasteiger partial charge in [0.05, 0.1) is 12.8 Å². The Hall–Kier alpha value is -1.47. The molecule has 1 aromatic carbocycles. The lowest BCUT2D eigenvalue weighted by Gasteiger charge is -2.37. The summed E-state index contributed by atoms with van der Waals surface area (Å²) in [7, 11) is 1.34. The van der Waals surface area contributed by atoms with Crippen LogP contribution >= 0.6 is 27.5 Å². The molecule has 2 heterocycles. The quantitative estimate of drug-likeness (QED) is 0.596. The molecule has 0 radical (unpaired) electrons. The first kappa shape index (κ1) is 21.2. The van der Waals surface area contributed by atoms with Gasteiger partial charge in [-0.3, -0.25) is 4.90 Å². The van der Waals surface area contributed by atoms with Crippen LogP contribution < -0.4 is 4.90 Å². The van der Waals surface area contributed by atoms with Gasteiger partial charge in [-0.1, -0.05) is 11.6 Å². The predicted octanol–water partition coefficient (Wildman–Crippen LogP) is 4.41. The highest BCUT2D eigenvalue weighted by Crippen LogP contribution is 2.40. The molecule has 0 saturated carbocycles. The van der Waals surface area contributed by atoms with Crippen molar-refractivity contribution in [3.05, 3.63) is 27.2 Å². The average molecular weight is 474 g/mol. The molecule has 2 aliphatic rings. The molecule has 1 saturated heterocycles. The maximum Gasteiger partial charge on any atom is 0.411 e. The van der Waals surface area contributed by atoms with Gasteiger partial charge in [0.25, 0.3) is 0 Å². The Balaban J connectivity index is 1.89. The predicted molar refractivity (Wildman–Crippen MR) is 112 cm³/mol. The third kappa shape index (κ3) is 4.40. The van der Waals surface area contributed by atoms with E-state index >= 15 is 0 Å². The Morgan fingerprint density at radius 3 is 2.64 bits per heavy atom. The molecule has 28 heavy (non-hydrogen) atoms. The SMILES string of the molecule is COC(=O)[C@H]1C[C@H](N2CCCc3cc(Cl)cc(Br)c32)CN1C(=O)OC(C)(C)C. The summed E-state index contributed by atoms with van der Waals surface area (Å²) in [5, 5.41) is 0.696. The Bertz CT molecular complexity index is 780. The molecule has 1 fully saturated rings. The minimum absolute atomic E-state index is 0.00635. The van der Waals surface area contributed by atoms with Crippen LogP contribution in [0.4, 0.5) is 10.5 Å². The van der Waals surface area contributed by atoms with E-state index in [0.717, 1.165) is 29.5 Å². The number of benzene rings is 1. The van der Waals surface area contributed by atoms with Crippen LogP contribution in [0.5, 0.6) is 0 Å². The van der Waals surface area contributed by atoms with E-state index in [-0.39, 0.29) is 6.04 Å². The van der Waals surface area contributed by atoms with Crippen LogP contribution in [0.1, 0.15) is 39.2 Å². The Morgan fingerprint density at radius 1 is 1.29 bits per heavy atom. The molecule has 8 heteroatoms. The van der Waals surface area contributed by atoms with Crippen molar-refractivity contribution in [2.75, 3.05) is 25.1 Å². The summed E-state index contributed by atoms with van der Waals surface area (Å²) < 4.78 is 11.4. The molecule has 0 bridgehead atoms. The van der Waals surface area contributed by atoms with E-state index in [0.29, 0.717) is 18.0 Å². The molecular weight excluding hydrogens is 448 g/mol. The molecule has 2 aliphatic heterocycles. The molecule has 0 N–H and O–H groups in total. The maximum atomic E-state index is 12.7. The van der Waals surface area contributed by atoms with Crippen molar-refractivity contribution >= 4 is 45.3 Å². The number of anilines is 1. The highest BCUT2D eigenvalue weighted by atomic mass is 79.9. The van der Waals surface area contributed by atoms with Gasteiger partial charge in [-0.05, 0) is 67.2 Å². The Morgan fingerprint density at radius 2 is 2.00 bits per heavy atom. The van der Waals surface area contributed by atoms with Crippen LogP contribution in [0.15, 0.2) is 16.6 Å². The Labute approximate surface area is 179 Å². The fourth-order valence-electron chi connectivity index (χ4n) is 3.97. The highest BCUT2D eigenvalue weighted by molar-refractivity contribution is 9.10. The first-order chi connectivity index (χ1) is 13.1. The number of nitrogens with zero attached hydrogens (tertiary/aromatic N) is 2. The number of hydrogen-bond donors (Lipinski definition) is 0. The van der Waals surface area contributed by atoms with Gasteiger partial charge in [-0.2, -0.15) is 0 Å². The summed E-state index contributed by atoms with van der Waals surface area (Å²) in [6.45, 7) is 6.70. The van der Waals surface area contributed by atoms with Gasteiger partial charge in [0, 0.05) is 35.0 Å². The molecule has 0 aliphatic carbocycles. The number of ether oxygens (including phenoxy) is 2. The van der Waals surface area contributed by atoms with Crippen LogP contribution in [-0.4, -0.2) is 54.8 Å². The molecule has 154 valence electrons. The van der Waals surface area contributed by atoms with Gasteiger partial charge < -0.3 is 14.4 Å². The fraction of sp³-hybridized carbons (Fsp3) is 0.600. The average Bonchev–Trinajstić information content (AvgIpc) is 3.04. The number of amides is 1. The molecule has 6 nitrogen and oxygen atoms in total. The maximum absolute atomic E-state index is 12.7. The van der Waals surface area contributed by atoms with E-state index in [9.17, 15) is 9.59 Å². The summed E-state index contributed by atoms with van der Waals surface area (Å²) in [5.74, 6) is -0.416. The summed E-state index contributed by atoms with van der Waals surface area (Å²) >= 11 is 9.86. The first-order valence-corrected chi connectivity index (χ1v) is 10.6. The van der Waals surface area contributed by atoms with Crippen LogP contribution in [0, 0.1) is 0 Å². The van der Waals surface area contributed by atoms with Gasteiger partial charge in [0.2, 0.25) is 0 Å². The van der Waals surface area contributed by atoms with E-state index in [1.807, 2.05) is 32.9 Å². The lowest BCUT2D eigenvalue weighted by atomic mass is 9.99. The number of aryl methyl sites for hydroxylation is 1. The van der Waals surface area contributed by atoms with Crippen LogP contribution in [-0.2, 0) is 20.7 Å². The Kier molecular flexibility index (Phi) is 6.15. The van der Waals surface area contributed by atoms with Gasteiger partial charge in [0.15, 0.2) is 0 Å². The number of carbonyl (C=O) groups is 2. The molecular formula is C20H26BrClN2O4. The number of esters is 1.